The van der Waals surface area contributed by atoms with Gasteiger partial charge in [0.2, 0.25) is 5.91 Å². The second kappa shape index (κ2) is 5.73. The summed E-state index contributed by atoms with van der Waals surface area (Å²) in [5, 5.41) is 2.62. The van der Waals surface area contributed by atoms with Gasteiger partial charge in [0.15, 0.2) is 0 Å². The first-order valence-electron chi connectivity index (χ1n) is 6.15. The first-order valence-corrected chi connectivity index (χ1v) is 6.15. The van der Waals surface area contributed by atoms with Gasteiger partial charge in [0.05, 0.1) is 11.7 Å². The van der Waals surface area contributed by atoms with Gasteiger partial charge in [-0.25, -0.2) is 9.18 Å². The van der Waals surface area contributed by atoms with Crippen molar-refractivity contribution in [1.82, 2.24) is 5.32 Å². The van der Waals surface area contributed by atoms with Gasteiger partial charge in [-0.2, -0.15) is 0 Å². The summed E-state index contributed by atoms with van der Waals surface area (Å²) in [6, 6.07) is 4.07. The SMILES string of the molecule is C=Cc1ccc(N2C(=O)OC[C@@H]2CNC(C)=O)cc1F. The van der Waals surface area contributed by atoms with Crippen LogP contribution in [0.4, 0.5) is 14.9 Å². The molecule has 0 saturated carbocycles. The molecule has 2 rings (SSSR count). The van der Waals surface area contributed by atoms with Gasteiger partial charge in [-0.15, -0.1) is 0 Å². The van der Waals surface area contributed by atoms with E-state index in [9.17, 15) is 14.0 Å². The van der Waals surface area contributed by atoms with Gasteiger partial charge in [0, 0.05) is 19.0 Å². The molecule has 0 unspecified atom stereocenters. The van der Waals surface area contributed by atoms with Gasteiger partial charge in [-0.1, -0.05) is 12.7 Å². The largest absolute Gasteiger partial charge is 0.447 e. The number of rotatable bonds is 4. The molecule has 20 heavy (non-hydrogen) atoms. The van der Waals surface area contributed by atoms with Crippen LogP contribution in [0.3, 0.4) is 0 Å². The Bertz CT molecular complexity index is 559. The van der Waals surface area contributed by atoms with Crippen LogP contribution in [0, 0.1) is 5.82 Å². The van der Waals surface area contributed by atoms with Crippen LogP contribution in [0.15, 0.2) is 24.8 Å². The minimum absolute atomic E-state index is 0.157. The zero-order valence-corrected chi connectivity index (χ0v) is 11.1. The number of anilines is 1. The Kier molecular flexibility index (Phi) is 4.02. The third-order valence-electron chi connectivity index (χ3n) is 3.03. The standard InChI is InChI=1S/C14H15FN2O3/c1-3-10-4-5-11(6-13(10)15)17-12(7-16-9(2)18)8-20-14(17)19/h3-6,12H,1,7-8H2,2H3,(H,16,18)/t12-/m0/s1. The van der Waals surface area contributed by atoms with Gasteiger partial charge in [-0.3, -0.25) is 9.69 Å². The molecule has 0 bridgehead atoms. The van der Waals surface area contributed by atoms with Crippen molar-refractivity contribution < 1.29 is 18.7 Å². The quantitative estimate of drug-likeness (QED) is 0.915. The van der Waals surface area contributed by atoms with Crippen LogP contribution >= 0.6 is 0 Å². The lowest BCUT2D eigenvalue weighted by molar-refractivity contribution is -0.119. The summed E-state index contributed by atoms with van der Waals surface area (Å²) >= 11 is 0. The Morgan fingerprint density at radius 1 is 1.65 bits per heavy atom. The van der Waals surface area contributed by atoms with Crippen molar-refractivity contribution in [3.63, 3.8) is 0 Å². The molecular formula is C14H15FN2O3. The van der Waals surface area contributed by atoms with Crippen molar-refractivity contribution in [1.29, 1.82) is 0 Å². The zero-order valence-electron chi connectivity index (χ0n) is 11.1. The normalized spacial score (nSPS) is 17.8. The predicted molar refractivity (Wildman–Crippen MR) is 72.8 cm³/mol. The Morgan fingerprint density at radius 3 is 3.00 bits per heavy atom. The van der Waals surface area contributed by atoms with Crippen molar-refractivity contribution >= 4 is 23.8 Å². The molecule has 0 aromatic heterocycles. The van der Waals surface area contributed by atoms with Crippen molar-refractivity contribution in [2.75, 3.05) is 18.1 Å². The maximum Gasteiger partial charge on any atom is 0.414 e. The van der Waals surface area contributed by atoms with E-state index in [-0.39, 0.29) is 25.1 Å². The number of halogens is 1. The first-order chi connectivity index (χ1) is 9.52. The molecule has 1 saturated heterocycles. The number of cyclic esters (lactones) is 1. The fraction of sp³-hybridized carbons (Fsp3) is 0.286. The molecule has 1 atom stereocenters. The Labute approximate surface area is 116 Å². The van der Waals surface area contributed by atoms with Crippen LogP contribution in [0.5, 0.6) is 0 Å². The van der Waals surface area contributed by atoms with Crippen LogP contribution in [0.25, 0.3) is 6.08 Å². The number of hydrogen-bond acceptors (Lipinski definition) is 3. The number of amides is 2. The molecule has 1 aliphatic heterocycles. The van der Waals surface area contributed by atoms with E-state index in [1.54, 1.807) is 12.1 Å². The van der Waals surface area contributed by atoms with E-state index >= 15 is 0 Å². The average molecular weight is 278 g/mol. The topological polar surface area (TPSA) is 58.6 Å². The Hall–Kier alpha value is -2.37. The van der Waals surface area contributed by atoms with E-state index in [1.165, 1.54) is 24.0 Å². The van der Waals surface area contributed by atoms with E-state index in [4.69, 9.17) is 4.74 Å². The summed E-state index contributed by atoms with van der Waals surface area (Å²) in [5.41, 5.74) is 0.755. The van der Waals surface area contributed by atoms with Crippen molar-refractivity contribution in [3.8, 4) is 0 Å². The molecule has 6 heteroatoms. The first kappa shape index (κ1) is 14.0. The molecule has 1 aliphatic rings. The molecule has 1 aromatic rings. The highest BCUT2D eigenvalue weighted by molar-refractivity contribution is 5.90. The van der Waals surface area contributed by atoms with Crippen LogP contribution in [-0.4, -0.2) is 31.2 Å². The summed E-state index contributed by atoms with van der Waals surface area (Å²) in [6.45, 7) is 5.31. The average Bonchev–Trinajstić information content (AvgIpc) is 2.77. The molecule has 2 amide bonds. The monoisotopic (exact) mass is 278 g/mol. The smallest absolute Gasteiger partial charge is 0.414 e. The fourth-order valence-electron chi connectivity index (χ4n) is 2.02. The van der Waals surface area contributed by atoms with Crippen LogP contribution in [-0.2, 0) is 9.53 Å². The number of hydrogen-bond donors (Lipinski definition) is 1. The maximum atomic E-state index is 13.8. The van der Waals surface area contributed by atoms with Crippen molar-refractivity contribution in [2.24, 2.45) is 0 Å². The minimum Gasteiger partial charge on any atom is -0.447 e. The summed E-state index contributed by atoms with van der Waals surface area (Å²) in [6.07, 6.45) is 0.849. The highest BCUT2D eigenvalue weighted by atomic mass is 19.1. The van der Waals surface area contributed by atoms with Crippen LogP contribution in [0.1, 0.15) is 12.5 Å². The lowest BCUT2D eigenvalue weighted by Crippen LogP contribution is -2.42. The van der Waals surface area contributed by atoms with E-state index in [1.807, 2.05) is 0 Å². The van der Waals surface area contributed by atoms with Crippen molar-refractivity contribution in [2.45, 2.75) is 13.0 Å². The van der Waals surface area contributed by atoms with Gasteiger partial charge in [0.1, 0.15) is 12.4 Å². The fourth-order valence-corrected chi connectivity index (χ4v) is 2.02. The molecule has 1 heterocycles. The minimum atomic E-state index is -0.550. The van der Waals surface area contributed by atoms with Gasteiger partial charge in [0.25, 0.3) is 0 Å². The number of benzene rings is 1. The molecule has 0 spiro atoms. The molecule has 106 valence electrons. The number of nitrogens with one attached hydrogen (secondary N) is 1. The van der Waals surface area contributed by atoms with Gasteiger partial charge in [-0.05, 0) is 18.2 Å². The van der Waals surface area contributed by atoms with E-state index in [0.29, 0.717) is 11.3 Å². The Morgan fingerprint density at radius 2 is 2.40 bits per heavy atom. The zero-order chi connectivity index (χ0) is 14.7. The van der Waals surface area contributed by atoms with Crippen molar-refractivity contribution in [3.05, 3.63) is 36.2 Å². The Balaban J connectivity index is 2.23. The number of nitrogens with zero attached hydrogens (tertiary/aromatic N) is 1. The summed E-state index contributed by atoms with van der Waals surface area (Å²) < 4.78 is 18.7. The molecule has 1 aromatic carbocycles. The number of ether oxygens (including phenoxy) is 1. The predicted octanol–water partition coefficient (Wildman–Crippen LogP) is 1.93. The molecule has 5 nitrogen and oxygen atoms in total. The second-order valence-corrected chi connectivity index (χ2v) is 4.45. The molecular weight excluding hydrogens is 263 g/mol. The third-order valence-corrected chi connectivity index (χ3v) is 3.03. The summed E-state index contributed by atoms with van der Waals surface area (Å²) in [4.78, 5) is 24.0. The third kappa shape index (κ3) is 2.79. The van der Waals surface area contributed by atoms with Gasteiger partial charge < -0.3 is 10.1 Å². The highest BCUT2D eigenvalue weighted by Gasteiger charge is 2.34. The van der Waals surface area contributed by atoms with Crippen LogP contribution in [0.2, 0.25) is 0 Å². The molecule has 1 N–H and O–H groups in total. The van der Waals surface area contributed by atoms with E-state index in [0.717, 1.165) is 0 Å². The molecule has 0 radical (unpaired) electrons. The summed E-state index contributed by atoms with van der Waals surface area (Å²) in [7, 11) is 0. The molecule has 0 aliphatic carbocycles. The van der Waals surface area contributed by atoms with E-state index in [2.05, 4.69) is 11.9 Å². The molecule has 1 fully saturated rings. The highest BCUT2D eigenvalue weighted by Crippen LogP contribution is 2.25. The lowest BCUT2D eigenvalue weighted by Gasteiger charge is -2.21. The van der Waals surface area contributed by atoms with Crippen LogP contribution < -0.4 is 10.2 Å². The second-order valence-electron chi connectivity index (χ2n) is 4.45. The lowest BCUT2D eigenvalue weighted by atomic mass is 10.1. The maximum absolute atomic E-state index is 13.8. The van der Waals surface area contributed by atoms with Gasteiger partial charge >= 0.3 is 6.09 Å². The number of carbonyl (C=O) groups is 2. The van der Waals surface area contributed by atoms with E-state index < -0.39 is 11.9 Å². The summed E-state index contributed by atoms with van der Waals surface area (Å²) in [5.74, 6) is -0.659. The number of carbonyl (C=O) groups excluding carboxylic acids is 2.